The fourth-order valence-corrected chi connectivity index (χ4v) is 2.64. The minimum absolute atomic E-state index is 0.0828. The third kappa shape index (κ3) is 3.68. The van der Waals surface area contributed by atoms with E-state index in [9.17, 15) is 9.90 Å². The minimum atomic E-state index is -0.948. The van der Waals surface area contributed by atoms with E-state index in [1.54, 1.807) is 12.1 Å². The first-order chi connectivity index (χ1) is 9.08. The summed E-state index contributed by atoms with van der Waals surface area (Å²) in [6, 6.07) is 5.30. The van der Waals surface area contributed by atoms with Crippen LogP contribution in [0.15, 0.2) is 22.7 Å². The van der Waals surface area contributed by atoms with Crippen LogP contribution >= 0.6 is 15.9 Å². The highest BCUT2D eigenvalue weighted by atomic mass is 79.9. The Morgan fingerprint density at radius 3 is 3.11 bits per heavy atom. The van der Waals surface area contributed by atoms with Crippen molar-refractivity contribution in [1.82, 2.24) is 4.90 Å². The van der Waals surface area contributed by atoms with Crippen LogP contribution in [0.3, 0.4) is 0 Å². The van der Waals surface area contributed by atoms with Crippen molar-refractivity contribution in [2.45, 2.75) is 6.10 Å². The maximum Gasteiger partial charge on any atom is 0.338 e. The number of morpholine rings is 1. The van der Waals surface area contributed by atoms with Crippen LogP contribution in [-0.4, -0.2) is 55.4 Å². The van der Waals surface area contributed by atoms with Gasteiger partial charge in [0.1, 0.15) is 0 Å². The molecule has 0 amide bonds. The summed E-state index contributed by atoms with van der Waals surface area (Å²) in [4.78, 5) is 13.4. The van der Waals surface area contributed by atoms with Gasteiger partial charge in [0.2, 0.25) is 0 Å². The molecule has 1 fully saturated rings. The lowest BCUT2D eigenvalue weighted by Crippen LogP contribution is -2.43. The van der Waals surface area contributed by atoms with Gasteiger partial charge in [0.25, 0.3) is 0 Å². The number of anilines is 1. The van der Waals surface area contributed by atoms with E-state index < -0.39 is 5.97 Å². The molecule has 1 aromatic rings. The van der Waals surface area contributed by atoms with Crippen LogP contribution in [-0.2, 0) is 4.74 Å². The van der Waals surface area contributed by atoms with Crippen molar-refractivity contribution in [3.8, 4) is 0 Å². The Labute approximate surface area is 120 Å². The number of hydrogen-bond acceptors (Lipinski definition) is 4. The molecule has 0 aromatic heterocycles. The maximum absolute atomic E-state index is 11.2. The van der Waals surface area contributed by atoms with Crippen LogP contribution < -0.4 is 5.32 Å². The van der Waals surface area contributed by atoms with Crippen LogP contribution in [0.5, 0.6) is 0 Å². The summed E-state index contributed by atoms with van der Waals surface area (Å²) in [6.45, 7) is 3.10. The molecule has 0 spiro atoms. The number of benzene rings is 1. The van der Waals surface area contributed by atoms with E-state index in [2.05, 4.69) is 33.2 Å². The van der Waals surface area contributed by atoms with Gasteiger partial charge in [-0.25, -0.2) is 4.79 Å². The number of ether oxygens (including phenoxy) is 1. The first kappa shape index (κ1) is 14.3. The highest BCUT2D eigenvalue weighted by Gasteiger charge is 2.19. The lowest BCUT2D eigenvalue weighted by Gasteiger charge is -2.30. The number of aromatic carboxylic acids is 1. The van der Waals surface area contributed by atoms with Crippen molar-refractivity contribution >= 4 is 27.6 Å². The van der Waals surface area contributed by atoms with Gasteiger partial charge in [0.05, 0.1) is 18.3 Å². The highest BCUT2D eigenvalue weighted by Crippen LogP contribution is 2.24. The van der Waals surface area contributed by atoms with E-state index in [1.165, 1.54) is 0 Å². The molecule has 1 heterocycles. The second-order valence-corrected chi connectivity index (χ2v) is 5.46. The molecule has 104 valence electrons. The average Bonchev–Trinajstić information content (AvgIpc) is 2.36. The molecule has 1 saturated heterocycles. The topological polar surface area (TPSA) is 61.8 Å². The van der Waals surface area contributed by atoms with Crippen LogP contribution in [0.4, 0.5) is 5.69 Å². The summed E-state index contributed by atoms with van der Waals surface area (Å²) in [6.07, 6.45) is 0.0828. The van der Waals surface area contributed by atoms with E-state index in [0.717, 1.165) is 13.1 Å². The Kier molecular flexibility index (Phi) is 4.79. The summed E-state index contributed by atoms with van der Waals surface area (Å²) in [7, 11) is 2.05. The summed E-state index contributed by atoms with van der Waals surface area (Å²) >= 11 is 3.26. The van der Waals surface area contributed by atoms with Gasteiger partial charge in [-0.3, -0.25) is 0 Å². The largest absolute Gasteiger partial charge is 0.478 e. The molecule has 6 heteroatoms. The Morgan fingerprint density at radius 1 is 1.63 bits per heavy atom. The molecule has 0 aliphatic carbocycles. The van der Waals surface area contributed by atoms with E-state index in [1.807, 2.05) is 6.07 Å². The van der Waals surface area contributed by atoms with E-state index in [-0.39, 0.29) is 11.7 Å². The standard InChI is InChI=1S/C13H17BrN2O3/c1-16-5-6-19-9(8-16)7-15-11-4-2-3-10(14)12(11)13(17)18/h2-4,9,15H,5-8H2,1H3,(H,17,18). The average molecular weight is 329 g/mol. The van der Waals surface area contributed by atoms with Gasteiger partial charge >= 0.3 is 5.97 Å². The van der Waals surface area contributed by atoms with Crippen molar-refractivity contribution in [3.05, 3.63) is 28.2 Å². The minimum Gasteiger partial charge on any atom is -0.478 e. The Bertz CT molecular complexity index is 467. The van der Waals surface area contributed by atoms with Gasteiger partial charge in [0, 0.05) is 29.8 Å². The van der Waals surface area contributed by atoms with Gasteiger partial charge in [-0.05, 0) is 35.1 Å². The number of halogens is 1. The second-order valence-electron chi connectivity index (χ2n) is 4.60. The third-order valence-electron chi connectivity index (χ3n) is 3.09. The number of carbonyl (C=O) groups is 1. The second kappa shape index (κ2) is 6.36. The monoisotopic (exact) mass is 328 g/mol. The number of nitrogens with zero attached hydrogens (tertiary/aromatic N) is 1. The first-order valence-corrected chi connectivity index (χ1v) is 6.93. The summed E-state index contributed by atoms with van der Waals surface area (Å²) in [5, 5.41) is 12.4. The Morgan fingerprint density at radius 2 is 2.42 bits per heavy atom. The van der Waals surface area contributed by atoms with Crippen molar-refractivity contribution in [2.75, 3.05) is 38.6 Å². The van der Waals surface area contributed by atoms with Gasteiger partial charge in [-0.2, -0.15) is 0 Å². The van der Waals surface area contributed by atoms with Crippen LogP contribution in [0, 0.1) is 0 Å². The molecule has 0 bridgehead atoms. The van der Waals surface area contributed by atoms with Crippen molar-refractivity contribution < 1.29 is 14.6 Å². The quantitative estimate of drug-likeness (QED) is 0.883. The van der Waals surface area contributed by atoms with Gasteiger partial charge < -0.3 is 20.1 Å². The fraction of sp³-hybridized carbons (Fsp3) is 0.462. The van der Waals surface area contributed by atoms with E-state index in [4.69, 9.17) is 4.74 Å². The lowest BCUT2D eigenvalue weighted by molar-refractivity contribution is -0.0117. The number of rotatable bonds is 4. The molecule has 2 N–H and O–H groups in total. The SMILES string of the molecule is CN1CCOC(CNc2cccc(Br)c2C(=O)O)C1. The zero-order chi connectivity index (χ0) is 13.8. The molecule has 2 rings (SSSR count). The van der Waals surface area contributed by atoms with Gasteiger partial charge in [-0.1, -0.05) is 6.07 Å². The third-order valence-corrected chi connectivity index (χ3v) is 3.75. The lowest BCUT2D eigenvalue weighted by atomic mass is 10.1. The molecule has 1 aliphatic heterocycles. The van der Waals surface area contributed by atoms with Crippen LogP contribution in [0.1, 0.15) is 10.4 Å². The Balaban J connectivity index is 2.03. The molecule has 0 saturated carbocycles. The van der Waals surface area contributed by atoms with Gasteiger partial charge in [-0.15, -0.1) is 0 Å². The highest BCUT2D eigenvalue weighted by molar-refractivity contribution is 9.10. The number of nitrogens with one attached hydrogen (secondary N) is 1. The molecular weight excluding hydrogens is 312 g/mol. The predicted octanol–water partition coefficient (Wildman–Crippen LogP) is 1.89. The van der Waals surface area contributed by atoms with E-state index in [0.29, 0.717) is 23.3 Å². The predicted molar refractivity (Wildman–Crippen MR) is 76.8 cm³/mol. The van der Waals surface area contributed by atoms with E-state index >= 15 is 0 Å². The zero-order valence-electron chi connectivity index (χ0n) is 10.7. The molecule has 1 unspecified atom stereocenters. The first-order valence-electron chi connectivity index (χ1n) is 6.13. The van der Waals surface area contributed by atoms with Crippen LogP contribution in [0.25, 0.3) is 0 Å². The molecule has 1 atom stereocenters. The number of carboxylic acids is 1. The fourth-order valence-electron chi connectivity index (χ4n) is 2.10. The van der Waals surface area contributed by atoms with Crippen molar-refractivity contribution in [2.24, 2.45) is 0 Å². The van der Waals surface area contributed by atoms with Crippen molar-refractivity contribution in [3.63, 3.8) is 0 Å². The summed E-state index contributed by atoms with van der Waals surface area (Å²) in [5.41, 5.74) is 0.866. The normalized spacial score (nSPS) is 20.2. The summed E-state index contributed by atoms with van der Waals surface area (Å²) in [5.74, 6) is -0.948. The molecule has 1 aliphatic rings. The van der Waals surface area contributed by atoms with Gasteiger partial charge in [0.15, 0.2) is 0 Å². The molecule has 19 heavy (non-hydrogen) atoms. The van der Waals surface area contributed by atoms with Crippen molar-refractivity contribution in [1.29, 1.82) is 0 Å². The van der Waals surface area contributed by atoms with Crippen LogP contribution in [0.2, 0.25) is 0 Å². The molecule has 0 radical (unpaired) electrons. The molecule has 5 nitrogen and oxygen atoms in total. The maximum atomic E-state index is 11.2. The molecular formula is C13H17BrN2O3. The number of carboxylic acid groups (broad SMARTS) is 1. The summed E-state index contributed by atoms with van der Waals surface area (Å²) < 4.78 is 6.21. The molecule has 1 aromatic carbocycles. The number of likely N-dealkylation sites (N-methyl/N-ethyl adjacent to an activating group) is 1. The smallest absolute Gasteiger partial charge is 0.338 e. The zero-order valence-corrected chi connectivity index (χ0v) is 12.3. The number of hydrogen-bond donors (Lipinski definition) is 2. The Hall–Kier alpha value is -1.11.